The van der Waals surface area contributed by atoms with Gasteiger partial charge in [-0.05, 0) is 28.5 Å². The molecule has 20 heavy (non-hydrogen) atoms. The number of aromatic nitrogens is 4. The molecule has 0 fully saturated rings. The van der Waals surface area contributed by atoms with E-state index in [1.54, 1.807) is 4.68 Å². The standard InChI is InChI=1S/C14H18N6/c1-12(2)11-19(10-6-9-15)14-16-17-18-20(14)13-7-4-3-5-8-13/h3-5,7-8,12H,6,10-11H2,1-2H3. The lowest BCUT2D eigenvalue weighted by atomic mass is 10.2. The fourth-order valence-electron chi connectivity index (χ4n) is 2.01. The summed E-state index contributed by atoms with van der Waals surface area (Å²) in [5.41, 5.74) is 0.915. The van der Waals surface area contributed by atoms with E-state index in [1.165, 1.54) is 0 Å². The van der Waals surface area contributed by atoms with Crippen LogP contribution in [0.1, 0.15) is 20.3 Å². The fourth-order valence-corrected chi connectivity index (χ4v) is 2.01. The lowest BCUT2D eigenvalue weighted by Crippen LogP contribution is -2.31. The highest BCUT2D eigenvalue weighted by Crippen LogP contribution is 2.16. The Morgan fingerprint density at radius 3 is 2.70 bits per heavy atom. The maximum Gasteiger partial charge on any atom is 0.250 e. The molecule has 104 valence electrons. The van der Waals surface area contributed by atoms with Gasteiger partial charge in [-0.25, -0.2) is 0 Å². The van der Waals surface area contributed by atoms with Crippen LogP contribution in [0, 0.1) is 17.2 Å². The molecule has 1 aromatic carbocycles. The molecule has 6 nitrogen and oxygen atoms in total. The first-order chi connectivity index (χ1) is 9.72. The van der Waals surface area contributed by atoms with E-state index in [-0.39, 0.29) is 0 Å². The van der Waals surface area contributed by atoms with Crippen LogP contribution in [0.5, 0.6) is 0 Å². The molecule has 0 saturated carbocycles. The Balaban J connectivity index is 2.30. The molecule has 0 spiro atoms. The Hall–Kier alpha value is -2.42. The van der Waals surface area contributed by atoms with E-state index in [9.17, 15) is 0 Å². The van der Waals surface area contributed by atoms with Crippen molar-refractivity contribution >= 4 is 5.95 Å². The van der Waals surface area contributed by atoms with Crippen molar-refractivity contribution < 1.29 is 0 Å². The van der Waals surface area contributed by atoms with Crippen LogP contribution in [-0.2, 0) is 0 Å². The summed E-state index contributed by atoms with van der Waals surface area (Å²) < 4.78 is 1.71. The van der Waals surface area contributed by atoms with Gasteiger partial charge in [-0.2, -0.15) is 9.94 Å². The average Bonchev–Trinajstić information content (AvgIpc) is 2.93. The number of hydrogen-bond acceptors (Lipinski definition) is 5. The molecule has 0 aliphatic rings. The molecule has 2 aromatic rings. The zero-order valence-electron chi connectivity index (χ0n) is 11.8. The van der Waals surface area contributed by atoms with Gasteiger partial charge in [0.05, 0.1) is 18.2 Å². The Morgan fingerprint density at radius 2 is 2.05 bits per heavy atom. The van der Waals surface area contributed by atoms with Gasteiger partial charge in [0.2, 0.25) is 5.95 Å². The van der Waals surface area contributed by atoms with Gasteiger partial charge in [0.1, 0.15) is 0 Å². The number of nitrogens with zero attached hydrogens (tertiary/aromatic N) is 6. The maximum atomic E-state index is 8.80. The third-order valence-corrected chi connectivity index (χ3v) is 2.82. The Kier molecular flexibility index (Phi) is 4.66. The normalized spacial score (nSPS) is 10.5. The molecule has 0 N–H and O–H groups in total. The predicted octanol–water partition coefficient (Wildman–Crippen LogP) is 2.04. The first-order valence-corrected chi connectivity index (χ1v) is 6.68. The highest BCUT2D eigenvalue weighted by molar-refractivity contribution is 5.40. The Morgan fingerprint density at radius 1 is 1.30 bits per heavy atom. The topological polar surface area (TPSA) is 70.6 Å². The SMILES string of the molecule is CC(C)CN(CCC#N)c1nnnn1-c1ccccc1. The van der Waals surface area contributed by atoms with Crippen molar-refractivity contribution in [1.29, 1.82) is 5.26 Å². The van der Waals surface area contributed by atoms with E-state index in [0.29, 0.717) is 24.8 Å². The Labute approximate surface area is 118 Å². The Bertz CT molecular complexity index is 569. The van der Waals surface area contributed by atoms with Crippen LogP contribution in [0.3, 0.4) is 0 Å². The van der Waals surface area contributed by atoms with Crippen molar-refractivity contribution in [3.05, 3.63) is 30.3 Å². The molecule has 0 saturated heterocycles. The summed E-state index contributed by atoms with van der Waals surface area (Å²) in [4.78, 5) is 2.06. The molecule has 0 unspecified atom stereocenters. The zero-order chi connectivity index (χ0) is 14.4. The van der Waals surface area contributed by atoms with Crippen LogP contribution in [0.4, 0.5) is 5.95 Å². The largest absolute Gasteiger partial charge is 0.338 e. The first kappa shape index (κ1) is 14.0. The molecule has 0 amide bonds. The second kappa shape index (κ2) is 6.66. The quantitative estimate of drug-likeness (QED) is 0.803. The van der Waals surface area contributed by atoms with Crippen molar-refractivity contribution in [2.45, 2.75) is 20.3 Å². The number of tetrazole rings is 1. The monoisotopic (exact) mass is 270 g/mol. The van der Waals surface area contributed by atoms with Crippen molar-refractivity contribution in [2.75, 3.05) is 18.0 Å². The number of anilines is 1. The van der Waals surface area contributed by atoms with Gasteiger partial charge in [0, 0.05) is 13.1 Å². The number of para-hydroxylation sites is 1. The van der Waals surface area contributed by atoms with Gasteiger partial charge in [0.25, 0.3) is 0 Å². The minimum atomic E-state index is 0.453. The van der Waals surface area contributed by atoms with E-state index in [0.717, 1.165) is 12.2 Å². The van der Waals surface area contributed by atoms with Crippen molar-refractivity contribution in [3.8, 4) is 11.8 Å². The van der Waals surface area contributed by atoms with Gasteiger partial charge in [-0.15, -0.1) is 0 Å². The summed E-state index contributed by atoms with van der Waals surface area (Å²) in [5.74, 6) is 1.15. The second-order valence-electron chi connectivity index (χ2n) is 4.97. The molecule has 0 radical (unpaired) electrons. The van der Waals surface area contributed by atoms with Crippen LogP contribution in [0.2, 0.25) is 0 Å². The minimum Gasteiger partial charge on any atom is -0.338 e. The van der Waals surface area contributed by atoms with Crippen LogP contribution < -0.4 is 4.90 Å². The van der Waals surface area contributed by atoms with Crippen molar-refractivity contribution in [1.82, 2.24) is 20.2 Å². The van der Waals surface area contributed by atoms with Gasteiger partial charge in [0.15, 0.2) is 0 Å². The van der Waals surface area contributed by atoms with Crippen LogP contribution >= 0.6 is 0 Å². The highest BCUT2D eigenvalue weighted by atomic mass is 15.6. The molecule has 0 aliphatic heterocycles. The predicted molar refractivity (Wildman–Crippen MR) is 76.4 cm³/mol. The third kappa shape index (κ3) is 3.32. The lowest BCUT2D eigenvalue weighted by Gasteiger charge is -2.23. The molecule has 0 bridgehead atoms. The summed E-state index contributed by atoms with van der Waals surface area (Å²) in [6.45, 7) is 5.71. The number of benzene rings is 1. The van der Waals surface area contributed by atoms with Gasteiger partial charge in [-0.3, -0.25) is 0 Å². The zero-order valence-corrected chi connectivity index (χ0v) is 11.8. The average molecular weight is 270 g/mol. The van der Waals surface area contributed by atoms with Crippen LogP contribution in [-0.4, -0.2) is 33.3 Å². The van der Waals surface area contributed by atoms with Gasteiger partial charge >= 0.3 is 0 Å². The number of rotatable bonds is 6. The van der Waals surface area contributed by atoms with E-state index in [4.69, 9.17) is 5.26 Å². The van der Waals surface area contributed by atoms with E-state index < -0.39 is 0 Å². The number of hydrogen-bond donors (Lipinski definition) is 0. The van der Waals surface area contributed by atoms with Crippen molar-refractivity contribution in [2.24, 2.45) is 5.92 Å². The molecular formula is C14H18N6. The lowest BCUT2D eigenvalue weighted by molar-refractivity contribution is 0.597. The van der Waals surface area contributed by atoms with Crippen molar-refractivity contribution in [3.63, 3.8) is 0 Å². The van der Waals surface area contributed by atoms with E-state index in [2.05, 4.69) is 40.3 Å². The molecule has 2 rings (SSSR count). The fraction of sp³-hybridized carbons (Fsp3) is 0.429. The molecule has 0 atom stereocenters. The summed E-state index contributed by atoms with van der Waals surface area (Å²) >= 11 is 0. The molecule has 1 aromatic heterocycles. The molecule has 6 heteroatoms. The third-order valence-electron chi connectivity index (χ3n) is 2.82. The molecule has 1 heterocycles. The minimum absolute atomic E-state index is 0.453. The first-order valence-electron chi connectivity index (χ1n) is 6.68. The van der Waals surface area contributed by atoms with E-state index in [1.807, 2.05) is 30.3 Å². The van der Waals surface area contributed by atoms with Gasteiger partial charge in [-0.1, -0.05) is 37.1 Å². The summed E-state index contributed by atoms with van der Waals surface area (Å²) in [5, 5.41) is 20.7. The maximum absolute atomic E-state index is 8.80. The second-order valence-corrected chi connectivity index (χ2v) is 4.97. The highest BCUT2D eigenvalue weighted by Gasteiger charge is 2.16. The van der Waals surface area contributed by atoms with Crippen LogP contribution in [0.25, 0.3) is 5.69 Å². The smallest absolute Gasteiger partial charge is 0.250 e. The molecule has 0 aliphatic carbocycles. The number of nitriles is 1. The van der Waals surface area contributed by atoms with Gasteiger partial charge < -0.3 is 4.90 Å². The summed E-state index contributed by atoms with van der Waals surface area (Å²) in [6, 6.07) is 11.9. The summed E-state index contributed by atoms with van der Waals surface area (Å²) in [7, 11) is 0. The summed E-state index contributed by atoms with van der Waals surface area (Å²) in [6.07, 6.45) is 0.453. The van der Waals surface area contributed by atoms with Crippen LogP contribution in [0.15, 0.2) is 30.3 Å². The van der Waals surface area contributed by atoms with E-state index >= 15 is 0 Å². The molecular weight excluding hydrogens is 252 g/mol.